The summed E-state index contributed by atoms with van der Waals surface area (Å²) in [6.45, 7) is 0. The lowest BCUT2D eigenvalue weighted by atomic mass is 10.2. The molecule has 0 aliphatic carbocycles. The van der Waals surface area contributed by atoms with Crippen LogP contribution in [-0.2, 0) is 6.42 Å². The zero-order valence-electron chi connectivity index (χ0n) is 7.08. The predicted molar refractivity (Wildman–Crippen MR) is 47.9 cm³/mol. The number of aryl methyl sites for hydroxylation is 1. The Hall–Kier alpha value is -1.49. The van der Waals surface area contributed by atoms with Gasteiger partial charge in [0.05, 0.1) is 12.8 Å². The summed E-state index contributed by atoms with van der Waals surface area (Å²) in [4.78, 5) is 4.17. The van der Waals surface area contributed by atoms with Gasteiger partial charge in [-0.15, -0.1) is 12.3 Å². The smallest absolute Gasteiger partial charge is 0.140 e. The fraction of sp³-hybridized carbons (Fsp3) is 0.300. The van der Waals surface area contributed by atoms with Gasteiger partial charge in [0.1, 0.15) is 5.75 Å². The van der Waals surface area contributed by atoms with E-state index in [2.05, 4.69) is 10.9 Å². The summed E-state index contributed by atoms with van der Waals surface area (Å²) in [6.07, 6.45) is 8.37. The Kier molecular flexibility index (Phi) is 3.16. The molecule has 0 saturated heterocycles. The van der Waals surface area contributed by atoms with Gasteiger partial charge in [0.15, 0.2) is 0 Å². The number of methoxy groups -OCH3 is 1. The molecule has 0 amide bonds. The monoisotopic (exact) mass is 161 g/mol. The van der Waals surface area contributed by atoms with Crippen molar-refractivity contribution >= 4 is 0 Å². The highest BCUT2D eigenvalue weighted by molar-refractivity contribution is 5.27. The fourth-order valence-electron chi connectivity index (χ4n) is 0.987. The normalized spacial score (nSPS) is 9.00. The van der Waals surface area contributed by atoms with E-state index < -0.39 is 0 Å². The first kappa shape index (κ1) is 8.61. The van der Waals surface area contributed by atoms with Crippen molar-refractivity contribution in [1.82, 2.24) is 4.98 Å². The topological polar surface area (TPSA) is 22.1 Å². The minimum Gasteiger partial charge on any atom is -0.495 e. The largest absolute Gasteiger partial charge is 0.495 e. The molecular formula is C10H11NO. The Morgan fingerprint density at radius 2 is 2.50 bits per heavy atom. The van der Waals surface area contributed by atoms with E-state index in [9.17, 15) is 0 Å². The first-order valence-electron chi connectivity index (χ1n) is 3.80. The molecule has 1 aromatic heterocycles. The maximum absolute atomic E-state index is 5.15. The van der Waals surface area contributed by atoms with E-state index in [1.165, 1.54) is 0 Å². The van der Waals surface area contributed by atoms with Crippen LogP contribution in [0, 0.1) is 12.3 Å². The third kappa shape index (κ3) is 2.00. The zero-order valence-corrected chi connectivity index (χ0v) is 7.08. The van der Waals surface area contributed by atoms with Gasteiger partial charge in [-0.1, -0.05) is 0 Å². The molecule has 2 nitrogen and oxygen atoms in total. The molecular weight excluding hydrogens is 150 g/mol. The van der Waals surface area contributed by atoms with Crippen LogP contribution < -0.4 is 4.74 Å². The van der Waals surface area contributed by atoms with Crippen LogP contribution in [-0.4, -0.2) is 12.1 Å². The van der Waals surface area contributed by atoms with Crippen LogP contribution in [0.2, 0.25) is 0 Å². The molecule has 0 aromatic carbocycles. The molecule has 0 N–H and O–H groups in total. The second-order valence-electron chi connectivity index (χ2n) is 2.36. The molecule has 0 bridgehead atoms. The van der Waals surface area contributed by atoms with Crippen LogP contribution in [0.15, 0.2) is 18.3 Å². The van der Waals surface area contributed by atoms with Gasteiger partial charge in [0, 0.05) is 19.0 Å². The zero-order chi connectivity index (χ0) is 8.81. The number of terminal acetylenes is 1. The Morgan fingerprint density at radius 1 is 1.67 bits per heavy atom. The van der Waals surface area contributed by atoms with Crippen LogP contribution in [0.3, 0.4) is 0 Å². The molecule has 0 aliphatic rings. The average molecular weight is 161 g/mol. The Bertz CT molecular complexity index is 288. The van der Waals surface area contributed by atoms with Crippen molar-refractivity contribution in [1.29, 1.82) is 0 Å². The number of pyridine rings is 1. The van der Waals surface area contributed by atoms with Crippen molar-refractivity contribution in [3.05, 3.63) is 24.0 Å². The number of nitrogens with zero attached hydrogens (tertiary/aromatic N) is 1. The minimum absolute atomic E-state index is 0.702. The Balaban J connectivity index is 2.76. The van der Waals surface area contributed by atoms with Gasteiger partial charge >= 0.3 is 0 Å². The molecule has 0 saturated carbocycles. The maximum atomic E-state index is 5.15. The SMILES string of the molecule is C#CCCc1ncccc1OC. The van der Waals surface area contributed by atoms with E-state index in [0.717, 1.165) is 17.9 Å². The predicted octanol–water partition coefficient (Wildman–Crippen LogP) is 1.66. The third-order valence-corrected chi connectivity index (χ3v) is 1.57. The van der Waals surface area contributed by atoms with Gasteiger partial charge in [-0.2, -0.15) is 0 Å². The van der Waals surface area contributed by atoms with Crippen molar-refractivity contribution in [3.63, 3.8) is 0 Å². The average Bonchev–Trinajstić information content (AvgIpc) is 2.15. The van der Waals surface area contributed by atoms with Crippen molar-refractivity contribution in [2.75, 3.05) is 7.11 Å². The van der Waals surface area contributed by atoms with Crippen molar-refractivity contribution in [3.8, 4) is 18.1 Å². The molecule has 0 atom stereocenters. The van der Waals surface area contributed by atoms with Gasteiger partial charge in [0.2, 0.25) is 0 Å². The van der Waals surface area contributed by atoms with E-state index in [1.54, 1.807) is 13.3 Å². The highest BCUT2D eigenvalue weighted by atomic mass is 16.5. The van der Waals surface area contributed by atoms with E-state index in [4.69, 9.17) is 11.2 Å². The van der Waals surface area contributed by atoms with Gasteiger partial charge < -0.3 is 4.74 Å². The number of ether oxygens (including phenoxy) is 1. The van der Waals surface area contributed by atoms with Crippen LogP contribution in [0.25, 0.3) is 0 Å². The Morgan fingerprint density at radius 3 is 3.17 bits per heavy atom. The molecule has 1 heterocycles. The van der Waals surface area contributed by atoms with Crippen molar-refractivity contribution in [2.24, 2.45) is 0 Å². The maximum Gasteiger partial charge on any atom is 0.140 e. The third-order valence-electron chi connectivity index (χ3n) is 1.57. The van der Waals surface area contributed by atoms with E-state index in [-0.39, 0.29) is 0 Å². The molecule has 12 heavy (non-hydrogen) atoms. The second-order valence-corrected chi connectivity index (χ2v) is 2.36. The number of rotatable bonds is 3. The highest BCUT2D eigenvalue weighted by Crippen LogP contribution is 2.15. The lowest BCUT2D eigenvalue weighted by Crippen LogP contribution is -1.94. The summed E-state index contributed by atoms with van der Waals surface area (Å²) in [6, 6.07) is 3.73. The summed E-state index contributed by atoms with van der Waals surface area (Å²) in [5.41, 5.74) is 0.929. The van der Waals surface area contributed by atoms with Gasteiger partial charge in [-0.25, -0.2) is 0 Å². The van der Waals surface area contributed by atoms with Gasteiger partial charge in [-0.05, 0) is 12.1 Å². The summed E-state index contributed by atoms with van der Waals surface area (Å²) in [5.74, 6) is 3.38. The summed E-state index contributed by atoms with van der Waals surface area (Å²) < 4.78 is 5.11. The molecule has 0 unspecified atom stereocenters. The molecule has 0 aliphatic heterocycles. The first-order chi connectivity index (χ1) is 5.88. The molecule has 62 valence electrons. The molecule has 0 spiro atoms. The summed E-state index contributed by atoms with van der Waals surface area (Å²) in [7, 11) is 1.64. The van der Waals surface area contributed by atoms with E-state index >= 15 is 0 Å². The van der Waals surface area contributed by atoms with Crippen LogP contribution in [0.5, 0.6) is 5.75 Å². The summed E-state index contributed by atoms with van der Waals surface area (Å²) >= 11 is 0. The fourth-order valence-corrected chi connectivity index (χ4v) is 0.987. The quantitative estimate of drug-likeness (QED) is 0.629. The van der Waals surface area contributed by atoms with Gasteiger partial charge in [-0.3, -0.25) is 4.98 Å². The molecule has 1 aromatic rings. The minimum atomic E-state index is 0.702. The number of hydrogen-bond acceptors (Lipinski definition) is 2. The number of hydrogen-bond donors (Lipinski definition) is 0. The molecule has 0 fully saturated rings. The highest BCUT2D eigenvalue weighted by Gasteiger charge is 2.00. The van der Waals surface area contributed by atoms with Crippen LogP contribution >= 0.6 is 0 Å². The first-order valence-corrected chi connectivity index (χ1v) is 3.80. The van der Waals surface area contributed by atoms with Crippen molar-refractivity contribution in [2.45, 2.75) is 12.8 Å². The standard InChI is InChI=1S/C10H11NO/c1-3-4-6-9-10(12-2)7-5-8-11-9/h1,5,7-8H,4,6H2,2H3. The summed E-state index contributed by atoms with van der Waals surface area (Å²) in [5, 5.41) is 0. The van der Waals surface area contributed by atoms with E-state index in [1.807, 2.05) is 12.1 Å². The lowest BCUT2D eigenvalue weighted by molar-refractivity contribution is 0.407. The van der Waals surface area contributed by atoms with Crippen LogP contribution in [0.1, 0.15) is 12.1 Å². The van der Waals surface area contributed by atoms with E-state index in [0.29, 0.717) is 6.42 Å². The number of aromatic nitrogens is 1. The molecule has 2 heteroatoms. The lowest BCUT2D eigenvalue weighted by Gasteiger charge is -2.04. The van der Waals surface area contributed by atoms with Crippen molar-refractivity contribution < 1.29 is 4.74 Å². The Labute approximate surface area is 72.6 Å². The van der Waals surface area contributed by atoms with Gasteiger partial charge in [0.25, 0.3) is 0 Å². The molecule has 1 rings (SSSR count). The second kappa shape index (κ2) is 4.40. The molecule has 0 radical (unpaired) electrons. The van der Waals surface area contributed by atoms with Crippen LogP contribution in [0.4, 0.5) is 0 Å².